The number of anilines is 1. The highest BCUT2D eigenvalue weighted by Gasteiger charge is 2.18. The second kappa shape index (κ2) is 11.7. The van der Waals surface area contributed by atoms with E-state index in [-0.39, 0.29) is 6.04 Å². The number of hydrogen-bond acceptors (Lipinski definition) is 3. The summed E-state index contributed by atoms with van der Waals surface area (Å²) in [5.74, 6) is 0. The van der Waals surface area contributed by atoms with Crippen LogP contribution in [0.4, 0.5) is 5.69 Å². The van der Waals surface area contributed by atoms with Gasteiger partial charge in [-0.15, -0.1) is 11.3 Å². The zero-order valence-electron chi connectivity index (χ0n) is 26.1. The highest BCUT2D eigenvalue weighted by molar-refractivity contribution is 7.25. The van der Waals surface area contributed by atoms with Crippen molar-refractivity contribution in [2.45, 2.75) is 6.04 Å². The second-order valence-corrected chi connectivity index (χ2v) is 13.3. The van der Waals surface area contributed by atoms with Gasteiger partial charge >= 0.3 is 0 Å². The smallest absolute Gasteiger partial charge is 0.102 e. The molecule has 2 aromatic heterocycles. The van der Waals surface area contributed by atoms with Gasteiger partial charge in [0.2, 0.25) is 0 Å². The number of aliphatic imine (C=N–C) groups is 1. The van der Waals surface area contributed by atoms with Crippen LogP contribution in [0.15, 0.2) is 169 Å². The van der Waals surface area contributed by atoms with E-state index < -0.39 is 0 Å². The molecule has 2 heterocycles. The molecule has 2 N–H and O–H groups in total. The van der Waals surface area contributed by atoms with Gasteiger partial charge in [-0.05, 0) is 70.8 Å². The van der Waals surface area contributed by atoms with Crippen LogP contribution in [-0.4, -0.2) is 10.8 Å². The molecule has 0 aliphatic carbocycles. The van der Waals surface area contributed by atoms with Crippen molar-refractivity contribution < 1.29 is 0 Å². The normalized spacial score (nSPS) is 12.5. The maximum absolute atomic E-state index is 6.46. The lowest BCUT2D eigenvalue weighted by molar-refractivity contribution is 0.881. The minimum absolute atomic E-state index is 0.208. The van der Waals surface area contributed by atoms with Crippen LogP contribution in [0.2, 0.25) is 0 Å². The van der Waals surface area contributed by atoms with Gasteiger partial charge in [0.15, 0.2) is 0 Å². The summed E-state index contributed by atoms with van der Waals surface area (Å²) in [7, 11) is 0. The Labute approximate surface area is 282 Å². The third-order valence-corrected chi connectivity index (χ3v) is 10.4. The summed E-state index contributed by atoms with van der Waals surface area (Å²) in [4.78, 5) is 5.14. The highest BCUT2D eigenvalue weighted by Crippen LogP contribution is 2.41. The highest BCUT2D eigenvalue weighted by atomic mass is 32.1. The Kier molecular flexibility index (Phi) is 6.88. The standard InChI is InChI=1S/C44H31N3S/c45-39-20-9-7-19-35(39)44(31-15-5-2-6-16-31)46-28-29-12-11-17-33(24-29)47-40-23-22-32(30-13-3-1-4-14-30)25-36(40)37-27-43-38(26-41(37)47)34-18-8-10-21-42(34)48-43/h1-28,44H,45H2/b46-28+. The van der Waals surface area contributed by atoms with Crippen LogP contribution < -0.4 is 5.73 Å². The molecule has 7 aromatic carbocycles. The molecule has 0 radical (unpaired) electrons. The first kappa shape index (κ1) is 28.3. The monoisotopic (exact) mass is 633 g/mol. The van der Waals surface area contributed by atoms with Crippen LogP contribution in [0.25, 0.3) is 58.8 Å². The molecule has 0 bridgehead atoms. The number of nitrogens with two attached hydrogens (primary N) is 1. The van der Waals surface area contributed by atoms with Crippen LogP contribution in [0.1, 0.15) is 22.7 Å². The molecule has 0 fully saturated rings. The van der Waals surface area contributed by atoms with E-state index in [4.69, 9.17) is 10.7 Å². The molecule has 0 saturated heterocycles. The average molecular weight is 634 g/mol. The van der Waals surface area contributed by atoms with Crippen molar-refractivity contribution in [2.75, 3.05) is 5.73 Å². The van der Waals surface area contributed by atoms with E-state index in [2.05, 4.69) is 144 Å². The predicted molar refractivity (Wildman–Crippen MR) is 206 cm³/mol. The number of para-hydroxylation sites is 1. The lowest BCUT2D eigenvalue weighted by atomic mass is 9.98. The number of hydrogen-bond donors (Lipinski definition) is 1. The SMILES string of the molecule is Nc1ccccc1C(/N=C/c1cccc(-n2c3ccc(-c4ccccc4)cc3c3cc4sc5ccccc5c4cc32)c1)c1ccccc1. The van der Waals surface area contributed by atoms with Crippen LogP contribution in [0.3, 0.4) is 0 Å². The van der Waals surface area contributed by atoms with Gasteiger partial charge < -0.3 is 10.3 Å². The first-order valence-electron chi connectivity index (χ1n) is 16.2. The first-order valence-corrected chi connectivity index (χ1v) is 17.0. The van der Waals surface area contributed by atoms with Crippen LogP contribution >= 0.6 is 11.3 Å². The molecule has 4 heteroatoms. The average Bonchev–Trinajstić information content (AvgIpc) is 3.66. The van der Waals surface area contributed by atoms with Gasteiger partial charge in [0.05, 0.1) is 11.0 Å². The van der Waals surface area contributed by atoms with E-state index in [9.17, 15) is 0 Å². The van der Waals surface area contributed by atoms with Gasteiger partial charge in [-0.2, -0.15) is 0 Å². The molecule has 48 heavy (non-hydrogen) atoms. The van der Waals surface area contributed by atoms with Crippen LogP contribution in [0, 0.1) is 0 Å². The fraction of sp³-hybridized carbons (Fsp3) is 0.0227. The Bertz CT molecular complexity index is 2630. The fourth-order valence-corrected chi connectivity index (χ4v) is 8.10. The molecule has 9 aromatic rings. The molecule has 0 amide bonds. The summed E-state index contributed by atoms with van der Waals surface area (Å²) in [6.45, 7) is 0. The molecule has 0 aliphatic heterocycles. The topological polar surface area (TPSA) is 43.3 Å². The van der Waals surface area contributed by atoms with Gasteiger partial charge in [0.25, 0.3) is 0 Å². The Morgan fingerprint density at radius 3 is 2.15 bits per heavy atom. The summed E-state index contributed by atoms with van der Waals surface area (Å²) in [6, 6.07) is 57.8. The largest absolute Gasteiger partial charge is 0.398 e. The summed E-state index contributed by atoms with van der Waals surface area (Å²) in [6.07, 6.45) is 1.99. The zero-order chi connectivity index (χ0) is 32.0. The zero-order valence-corrected chi connectivity index (χ0v) is 26.9. The van der Waals surface area contributed by atoms with Gasteiger partial charge in [0.1, 0.15) is 6.04 Å². The van der Waals surface area contributed by atoms with Crippen molar-refractivity contribution in [3.05, 3.63) is 180 Å². The maximum atomic E-state index is 6.46. The van der Waals surface area contributed by atoms with Crippen molar-refractivity contribution in [3.8, 4) is 16.8 Å². The molecule has 1 atom stereocenters. The number of aromatic nitrogens is 1. The molecule has 9 rings (SSSR count). The van der Waals surface area contributed by atoms with Gasteiger partial charge in [0, 0.05) is 54.1 Å². The number of nitrogen functional groups attached to an aromatic ring is 1. The number of fused-ring (bicyclic) bond motifs is 6. The number of rotatable bonds is 6. The third kappa shape index (κ3) is 4.86. The van der Waals surface area contributed by atoms with Crippen molar-refractivity contribution in [1.82, 2.24) is 4.57 Å². The van der Waals surface area contributed by atoms with Crippen molar-refractivity contribution in [1.29, 1.82) is 0 Å². The van der Waals surface area contributed by atoms with E-state index in [0.29, 0.717) is 0 Å². The summed E-state index contributed by atoms with van der Waals surface area (Å²) in [5.41, 5.74) is 16.2. The van der Waals surface area contributed by atoms with E-state index >= 15 is 0 Å². The summed E-state index contributed by atoms with van der Waals surface area (Å²) >= 11 is 1.86. The van der Waals surface area contributed by atoms with Crippen molar-refractivity contribution in [3.63, 3.8) is 0 Å². The van der Waals surface area contributed by atoms with E-state index in [0.717, 1.165) is 28.1 Å². The maximum Gasteiger partial charge on any atom is 0.102 e. The number of benzene rings is 7. The first-order chi connectivity index (χ1) is 23.7. The van der Waals surface area contributed by atoms with Crippen LogP contribution in [0.5, 0.6) is 0 Å². The molecule has 0 saturated carbocycles. The van der Waals surface area contributed by atoms with Crippen LogP contribution in [-0.2, 0) is 0 Å². The van der Waals surface area contributed by atoms with Gasteiger partial charge in [-0.1, -0.05) is 115 Å². The predicted octanol–water partition coefficient (Wildman–Crippen LogP) is 11.6. The molecule has 3 nitrogen and oxygen atoms in total. The third-order valence-electron chi connectivity index (χ3n) is 9.28. The van der Waals surface area contributed by atoms with E-state index in [1.165, 1.54) is 53.1 Å². The second-order valence-electron chi connectivity index (χ2n) is 12.2. The summed E-state index contributed by atoms with van der Waals surface area (Å²) in [5, 5.41) is 5.09. The quantitative estimate of drug-likeness (QED) is 0.144. The molecular weight excluding hydrogens is 603 g/mol. The van der Waals surface area contributed by atoms with E-state index in [1.54, 1.807) is 0 Å². The number of nitrogens with zero attached hydrogens (tertiary/aromatic N) is 2. The Hall–Kier alpha value is -5.97. The minimum atomic E-state index is -0.208. The Morgan fingerprint density at radius 1 is 0.542 bits per heavy atom. The number of thiophene rings is 1. The Balaban J connectivity index is 1.23. The molecule has 1 unspecified atom stereocenters. The van der Waals surface area contributed by atoms with Crippen molar-refractivity contribution >= 4 is 65.2 Å². The lowest BCUT2D eigenvalue weighted by Crippen LogP contribution is -2.03. The van der Waals surface area contributed by atoms with E-state index in [1.807, 2.05) is 41.8 Å². The molecule has 0 spiro atoms. The Morgan fingerprint density at radius 2 is 1.29 bits per heavy atom. The lowest BCUT2D eigenvalue weighted by Gasteiger charge is -2.16. The molecular formula is C44H31N3S. The fourth-order valence-electron chi connectivity index (χ4n) is 6.97. The van der Waals surface area contributed by atoms with Crippen molar-refractivity contribution in [2.24, 2.45) is 4.99 Å². The summed E-state index contributed by atoms with van der Waals surface area (Å²) < 4.78 is 5.03. The molecule has 228 valence electrons. The minimum Gasteiger partial charge on any atom is -0.398 e. The van der Waals surface area contributed by atoms with Gasteiger partial charge in [-0.25, -0.2) is 0 Å². The molecule has 0 aliphatic rings. The van der Waals surface area contributed by atoms with Gasteiger partial charge in [-0.3, -0.25) is 4.99 Å².